The number of H-pyrrole nitrogens is 2. The van der Waals surface area contributed by atoms with Gasteiger partial charge in [-0.15, -0.1) is 0 Å². The Labute approximate surface area is 155 Å². The molecule has 0 unspecified atom stereocenters. The molecule has 0 bridgehead atoms. The Morgan fingerprint density at radius 3 is 2.26 bits per heavy atom. The van der Waals surface area contributed by atoms with Gasteiger partial charge in [0.25, 0.3) is 5.56 Å². The van der Waals surface area contributed by atoms with E-state index in [1.165, 1.54) is 22.5 Å². The zero-order chi connectivity index (χ0) is 19.0. The van der Waals surface area contributed by atoms with Crippen molar-refractivity contribution in [2.45, 2.75) is 4.90 Å². The first-order valence-corrected chi connectivity index (χ1v) is 9.96. The van der Waals surface area contributed by atoms with Crippen LogP contribution in [0.2, 0.25) is 0 Å². The zero-order valence-electron chi connectivity index (χ0n) is 14.4. The lowest BCUT2D eigenvalue weighted by atomic mass is 10.2. The molecule has 1 saturated heterocycles. The lowest BCUT2D eigenvalue weighted by Crippen LogP contribution is -2.48. The second-order valence-electron chi connectivity index (χ2n) is 6.34. The molecule has 2 heterocycles. The Hall–Kier alpha value is -2.91. The average molecular weight is 386 g/mol. The number of hydrogen-bond acceptors (Lipinski definition) is 5. The number of aromatic nitrogens is 2. The molecular formula is C18H18N4O4S. The highest BCUT2D eigenvalue weighted by Gasteiger charge is 2.29. The summed E-state index contributed by atoms with van der Waals surface area (Å²) in [5, 5.41) is 0.138. The van der Waals surface area contributed by atoms with Gasteiger partial charge in [-0.05, 0) is 30.3 Å². The van der Waals surface area contributed by atoms with E-state index in [4.69, 9.17) is 0 Å². The number of aromatic amines is 2. The summed E-state index contributed by atoms with van der Waals surface area (Å²) in [6, 6.07) is 14.0. The molecule has 1 aromatic heterocycles. The molecule has 1 fully saturated rings. The Morgan fingerprint density at radius 2 is 1.56 bits per heavy atom. The molecule has 2 aromatic carbocycles. The minimum Gasteiger partial charge on any atom is -0.369 e. The van der Waals surface area contributed by atoms with Crippen LogP contribution in [-0.2, 0) is 10.0 Å². The van der Waals surface area contributed by atoms with Crippen molar-refractivity contribution in [1.29, 1.82) is 0 Å². The van der Waals surface area contributed by atoms with Crippen molar-refractivity contribution in [2.24, 2.45) is 0 Å². The van der Waals surface area contributed by atoms with Crippen LogP contribution in [0, 0.1) is 0 Å². The highest BCUT2D eigenvalue weighted by Crippen LogP contribution is 2.22. The molecule has 3 aromatic rings. The van der Waals surface area contributed by atoms with E-state index in [0.717, 1.165) is 5.69 Å². The van der Waals surface area contributed by atoms with Crippen LogP contribution < -0.4 is 16.1 Å². The molecule has 0 aliphatic carbocycles. The SMILES string of the molecule is O=c1[nH]c(=O)c2cc(S(=O)(=O)N3CCN(c4ccccc4)CC3)ccc2[nH]1. The summed E-state index contributed by atoms with van der Waals surface area (Å²) in [4.78, 5) is 30.1. The van der Waals surface area contributed by atoms with Gasteiger partial charge in [0.15, 0.2) is 0 Å². The predicted molar refractivity (Wildman–Crippen MR) is 103 cm³/mol. The summed E-state index contributed by atoms with van der Waals surface area (Å²) >= 11 is 0. The van der Waals surface area contributed by atoms with Crippen LogP contribution in [0.25, 0.3) is 10.9 Å². The van der Waals surface area contributed by atoms with Crippen LogP contribution in [0.5, 0.6) is 0 Å². The van der Waals surface area contributed by atoms with Crippen molar-refractivity contribution >= 4 is 26.6 Å². The van der Waals surface area contributed by atoms with E-state index in [1.54, 1.807) is 0 Å². The van der Waals surface area contributed by atoms with E-state index < -0.39 is 21.3 Å². The molecule has 9 heteroatoms. The third-order valence-electron chi connectivity index (χ3n) is 4.71. The summed E-state index contributed by atoms with van der Waals surface area (Å²) < 4.78 is 27.4. The summed E-state index contributed by atoms with van der Waals surface area (Å²) in [5.41, 5.74) is 0.132. The fourth-order valence-corrected chi connectivity index (χ4v) is 4.73. The van der Waals surface area contributed by atoms with Gasteiger partial charge in [-0.3, -0.25) is 9.78 Å². The Kier molecular flexibility index (Phi) is 4.33. The van der Waals surface area contributed by atoms with Crippen LogP contribution in [-0.4, -0.2) is 48.9 Å². The Balaban J connectivity index is 1.60. The third-order valence-corrected chi connectivity index (χ3v) is 6.60. The summed E-state index contributed by atoms with van der Waals surface area (Å²) in [5.74, 6) is 0. The van der Waals surface area contributed by atoms with Crippen LogP contribution >= 0.6 is 0 Å². The van der Waals surface area contributed by atoms with Gasteiger partial charge >= 0.3 is 5.69 Å². The molecule has 0 spiro atoms. The minimum atomic E-state index is -3.72. The van der Waals surface area contributed by atoms with Gasteiger partial charge in [0.05, 0.1) is 15.8 Å². The first-order chi connectivity index (χ1) is 12.9. The molecule has 1 aliphatic rings. The first kappa shape index (κ1) is 17.5. The van der Waals surface area contributed by atoms with E-state index in [0.29, 0.717) is 31.7 Å². The van der Waals surface area contributed by atoms with Gasteiger partial charge in [-0.1, -0.05) is 18.2 Å². The molecule has 8 nitrogen and oxygen atoms in total. The maximum atomic E-state index is 13.0. The molecule has 0 amide bonds. The maximum absolute atomic E-state index is 13.0. The quantitative estimate of drug-likeness (QED) is 0.690. The van der Waals surface area contributed by atoms with E-state index in [2.05, 4.69) is 14.9 Å². The van der Waals surface area contributed by atoms with E-state index >= 15 is 0 Å². The van der Waals surface area contributed by atoms with Crippen molar-refractivity contribution in [2.75, 3.05) is 31.1 Å². The number of benzene rings is 2. The molecule has 0 saturated carbocycles. The first-order valence-electron chi connectivity index (χ1n) is 8.52. The summed E-state index contributed by atoms with van der Waals surface area (Å²) in [6.07, 6.45) is 0. The van der Waals surface area contributed by atoms with Crippen LogP contribution in [0.1, 0.15) is 0 Å². The number of hydrogen-bond donors (Lipinski definition) is 2. The monoisotopic (exact) mass is 386 g/mol. The second-order valence-corrected chi connectivity index (χ2v) is 8.28. The number of fused-ring (bicyclic) bond motifs is 1. The average Bonchev–Trinajstić information content (AvgIpc) is 2.68. The molecular weight excluding hydrogens is 368 g/mol. The fourth-order valence-electron chi connectivity index (χ4n) is 3.28. The molecule has 0 radical (unpaired) electrons. The third kappa shape index (κ3) is 3.26. The van der Waals surface area contributed by atoms with E-state index in [1.807, 2.05) is 30.3 Å². The predicted octanol–water partition coefficient (Wildman–Crippen LogP) is 0.727. The molecule has 1 aliphatic heterocycles. The number of rotatable bonds is 3. The number of sulfonamides is 1. The standard InChI is InChI=1S/C18H18N4O4S/c23-17-15-12-14(6-7-16(15)19-18(24)20-17)27(25,26)22-10-8-21(9-11-22)13-4-2-1-3-5-13/h1-7,12H,8-11H2,(H2,19,20,23,24). The van der Waals surface area contributed by atoms with Crippen molar-refractivity contribution < 1.29 is 8.42 Å². The normalized spacial score (nSPS) is 15.9. The van der Waals surface area contributed by atoms with Crippen molar-refractivity contribution in [3.63, 3.8) is 0 Å². The molecule has 27 heavy (non-hydrogen) atoms. The highest BCUT2D eigenvalue weighted by molar-refractivity contribution is 7.89. The van der Waals surface area contributed by atoms with Crippen LogP contribution in [0.4, 0.5) is 5.69 Å². The summed E-state index contributed by atoms with van der Waals surface area (Å²) in [7, 11) is -3.72. The number of nitrogens with one attached hydrogen (secondary N) is 2. The Morgan fingerprint density at radius 1 is 0.852 bits per heavy atom. The van der Waals surface area contributed by atoms with Crippen molar-refractivity contribution in [3.05, 3.63) is 69.4 Å². The van der Waals surface area contributed by atoms with E-state index in [-0.39, 0.29) is 10.3 Å². The minimum absolute atomic E-state index is 0.0423. The summed E-state index contributed by atoms with van der Waals surface area (Å²) in [6.45, 7) is 1.89. The van der Waals surface area contributed by atoms with E-state index in [9.17, 15) is 18.0 Å². The van der Waals surface area contributed by atoms with Crippen molar-refractivity contribution in [3.8, 4) is 0 Å². The van der Waals surface area contributed by atoms with Gasteiger partial charge in [0, 0.05) is 31.9 Å². The number of anilines is 1. The van der Waals surface area contributed by atoms with Gasteiger partial charge in [0.1, 0.15) is 0 Å². The fraction of sp³-hybridized carbons (Fsp3) is 0.222. The highest BCUT2D eigenvalue weighted by atomic mass is 32.2. The second kappa shape index (κ2) is 6.67. The van der Waals surface area contributed by atoms with Gasteiger partial charge in [-0.25, -0.2) is 13.2 Å². The maximum Gasteiger partial charge on any atom is 0.326 e. The van der Waals surface area contributed by atoms with Gasteiger partial charge in [0.2, 0.25) is 10.0 Å². The molecule has 0 atom stereocenters. The lowest BCUT2D eigenvalue weighted by Gasteiger charge is -2.35. The molecule has 2 N–H and O–H groups in total. The number of nitrogens with zero attached hydrogens (tertiary/aromatic N) is 2. The molecule has 4 rings (SSSR count). The van der Waals surface area contributed by atoms with Gasteiger partial charge < -0.3 is 9.88 Å². The lowest BCUT2D eigenvalue weighted by molar-refractivity contribution is 0.385. The number of para-hydroxylation sites is 1. The zero-order valence-corrected chi connectivity index (χ0v) is 15.2. The van der Waals surface area contributed by atoms with Crippen molar-refractivity contribution in [1.82, 2.24) is 14.3 Å². The topological polar surface area (TPSA) is 106 Å². The smallest absolute Gasteiger partial charge is 0.326 e. The van der Waals surface area contributed by atoms with Crippen LogP contribution in [0.15, 0.2) is 63.0 Å². The molecule has 140 valence electrons. The Bertz CT molecular complexity index is 1190. The van der Waals surface area contributed by atoms with Gasteiger partial charge in [-0.2, -0.15) is 4.31 Å². The number of piperazine rings is 1. The largest absolute Gasteiger partial charge is 0.369 e. The van der Waals surface area contributed by atoms with Crippen LogP contribution in [0.3, 0.4) is 0 Å².